The molecule has 0 spiro atoms. The first-order valence-corrected chi connectivity index (χ1v) is 6.47. The van der Waals surface area contributed by atoms with Gasteiger partial charge in [0, 0.05) is 6.54 Å². The SMILES string of the molecule is Cc1ccc(CNc2ccc(C#N)cc2Cl)cc1C. The number of nitriles is 1. The third-order valence-electron chi connectivity index (χ3n) is 3.15. The van der Waals surface area contributed by atoms with Crippen LogP contribution in [0.2, 0.25) is 5.02 Å². The topological polar surface area (TPSA) is 35.8 Å². The zero-order chi connectivity index (χ0) is 13.8. The molecule has 1 N–H and O–H groups in total. The Morgan fingerprint density at radius 2 is 1.89 bits per heavy atom. The van der Waals surface area contributed by atoms with Crippen molar-refractivity contribution in [1.29, 1.82) is 5.26 Å². The van der Waals surface area contributed by atoms with Crippen LogP contribution >= 0.6 is 11.6 Å². The van der Waals surface area contributed by atoms with Crippen molar-refractivity contribution >= 4 is 17.3 Å². The number of hydrogen-bond acceptors (Lipinski definition) is 2. The summed E-state index contributed by atoms with van der Waals surface area (Å²) < 4.78 is 0. The van der Waals surface area contributed by atoms with Crippen LogP contribution in [0.25, 0.3) is 0 Å². The summed E-state index contributed by atoms with van der Waals surface area (Å²) in [7, 11) is 0. The van der Waals surface area contributed by atoms with Crippen molar-refractivity contribution < 1.29 is 0 Å². The Morgan fingerprint density at radius 1 is 1.11 bits per heavy atom. The molecule has 2 nitrogen and oxygen atoms in total. The smallest absolute Gasteiger partial charge is 0.0992 e. The van der Waals surface area contributed by atoms with Gasteiger partial charge in [-0.1, -0.05) is 29.8 Å². The van der Waals surface area contributed by atoms with Gasteiger partial charge in [-0.2, -0.15) is 5.26 Å². The number of benzene rings is 2. The summed E-state index contributed by atoms with van der Waals surface area (Å²) in [5.74, 6) is 0. The average Bonchev–Trinajstić information content (AvgIpc) is 2.41. The first kappa shape index (κ1) is 13.5. The maximum atomic E-state index is 8.79. The summed E-state index contributed by atoms with van der Waals surface area (Å²) in [5.41, 5.74) is 5.20. The Balaban J connectivity index is 2.10. The van der Waals surface area contributed by atoms with Gasteiger partial charge in [0.2, 0.25) is 0 Å². The fourth-order valence-electron chi connectivity index (χ4n) is 1.84. The van der Waals surface area contributed by atoms with Gasteiger partial charge in [-0.05, 0) is 48.7 Å². The van der Waals surface area contributed by atoms with Gasteiger partial charge < -0.3 is 5.32 Å². The summed E-state index contributed by atoms with van der Waals surface area (Å²) in [4.78, 5) is 0. The first-order chi connectivity index (χ1) is 9.10. The number of nitrogens with one attached hydrogen (secondary N) is 1. The number of hydrogen-bond donors (Lipinski definition) is 1. The standard InChI is InChI=1S/C16H15ClN2/c1-11-3-4-14(7-12(11)2)10-19-16-6-5-13(9-18)8-15(16)17/h3-8,19H,10H2,1-2H3. The molecule has 0 aromatic heterocycles. The molecule has 0 saturated carbocycles. The van der Waals surface area contributed by atoms with Crippen LogP contribution in [0, 0.1) is 25.2 Å². The summed E-state index contributed by atoms with van der Waals surface area (Å²) in [5, 5.41) is 12.6. The predicted molar refractivity (Wildman–Crippen MR) is 79.4 cm³/mol. The van der Waals surface area contributed by atoms with Crippen LogP contribution in [0.3, 0.4) is 0 Å². The second-order valence-corrected chi connectivity index (χ2v) is 4.99. The van der Waals surface area contributed by atoms with E-state index in [1.807, 2.05) is 6.07 Å². The fraction of sp³-hybridized carbons (Fsp3) is 0.188. The molecule has 0 fully saturated rings. The molecule has 3 heteroatoms. The molecule has 0 aliphatic rings. The van der Waals surface area contributed by atoms with E-state index in [9.17, 15) is 0 Å². The van der Waals surface area contributed by atoms with Gasteiger partial charge in [0.15, 0.2) is 0 Å². The van der Waals surface area contributed by atoms with Crippen molar-refractivity contribution in [3.05, 3.63) is 63.7 Å². The van der Waals surface area contributed by atoms with Gasteiger partial charge in [-0.25, -0.2) is 0 Å². The predicted octanol–water partition coefficient (Wildman–Crippen LogP) is 4.44. The van der Waals surface area contributed by atoms with Crippen LogP contribution in [0.4, 0.5) is 5.69 Å². The van der Waals surface area contributed by atoms with Crippen LogP contribution in [0.1, 0.15) is 22.3 Å². The van der Waals surface area contributed by atoms with Crippen molar-refractivity contribution in [1.82, 2.24) is 0 Å². The lowest BCUT2D eigenvalue weighted by Gasteiger charge is -2.10. The number of rotatable bonds is 3. The third-order valence-corrected chi connectivity index (χ3v) is 3.47. The van der Waals surface area contributed by atoms with E-state index in [2.05, 4.69) is 43.4 Å². The highest BCUT2D eigenvalue weighted by Crippen LogP contribution is 2.23. The van der Waals surface area contributed by atoms with E-state index in [0.717, 1.165) is 5.69 Å². The van der Waals surface area contributed by atoms with E-state index in [4.69, 9.17) is 16.9 Å². The van der Waals surface area contributed by atoms with E-state index in [1.54, 1.807) is 12.1 Å². The lowest BCUT2D eigenvalue weighted by atomic mass is 10.1. The molecule has 0 bridgehead atoms. The zero-order valence-corrected chi connectivity index (χ0v) is 11.8. The molecular weight excluding hydrogens is 256 g/mol. The summed E-state index contributed by atoms with van der Waals surface area (Å²) >= 11 is 6.12. The van der Waals surface area contributed by atoms with Crippen molar-refractivity contribution in [3.8, 4) is 6.07 Å². The van der Waals surface area contributed by atoms with Gasteiger partial charge >= 0.3 is 0 Å². The van der Waals surface area contributed by atoms with Gasteiger partial charge in [-0.15, -0.1) is 0 Å². The summed E-state index contributed by atoms with van der Waals surface area (Å²) in [6.45, 7) is 4.92. The largest absolute Gasteiger partial charge is 0.380 e. The molecule has 96 valence electrons. The van der Waals surface area contributed by atoms with Crippen LogP contribution < -0.4 is 5.32 Å². The van der Waals surface area contributed by atoms with Gasteiger partial charge in [-0.3, -0.25) is 0 Å². The maximum absolute atomic E-state index is 8.79. The molecule has 0 amide bonds. The lowest BCUT2D eigenvalue weighted by molar-refractivity contribution is 1.13. The Kier molecular flexibility index (Phi) is 4.09. The zero-order valence-electron chi connectivity index (χ0n) is 11.0. The van der Waals surface area contributed by atoms with Crippen molar-refractivity contribution in [3.63, 3.8) is 0 Å². The van der Waals surface area contributed by atoms with Crippen LogP contribution in [0.15, 0.2) is 36.4 Å². The Morgan fingerprint density at radius 3 is 2.53 bits per heavy atom. The molecule has 0 atom stereocenters. The molecule has 0 saturated heterocycles. The van der Waals surface area contributed by atoms with Gasteiger partial charge in [0.05, 0.1) is 22.3 Å². The van der Waals surface area contributed by atoms with E-state index in [1.165, 1.54) is 16.7 Å². The molecule has 2 rings (SSSR count). The fourth-order valence-corrected chi connectivity index (χ4v) is 2.09. The Bertz CT molecular complexity index is 642. The molecule has 19 heavy (non-hydrogen) atoms. The quantitative estimate of drug-likeness (QED) is 0.895. The van der Waals surface area contributed by atoms with E-state index < -0.39 is 0 Å². The lowest BCUT2D eigenvalue weighted by Crippen LogP contribution is -2.00. The van der Waals surface area contributed by atoms with Crippen LogP contribution in [0.5, 0.6) is 0 Å². The highest BCUT2D eigenvalue weighted by Gasteiger charge is 2.02. The van der Waals surface area contributed by atoms with Crippen LogP contribution in [-0.2, 0) is 6.54 Å². The minimum absolute atomic E-state index is 0.571. The highest BCUT2D eigenvalue weighted by atomic mass is 35.5. The van der Waals surface area contributed by atoms with Crippen LogP contribution in [-0.4, -0.2) is 0 Å². The minimum atomic E-state index is 0.571. The highest BCUT2D eigenvalue weighted by molar-refractivity contribution is 6.33. The first-order valence-electron chi connectivity index (χ1n) is 6.10. The number of aryl methyl sites for hydroxylation is 2. The Labute approximate surface area is 118 Å². The minimum Gasteiger partial charge on any atom is -0.380 e. The summed E-state index contributed by atoms with van der Waals surface area (Å²) in [6, 6.07) is 13.7. The second kappa shape index (κ2) is 5.77. The van der Waals surface area contributed by atoms with E-state index >= 15 is 0 Å². The van der Waals surface area contributed by atoms with Crippen molar-refractivity contribution in [2.24, 2.45) is 0 Å². The number of nitrogens with zero attached hydrogens (tertiary/aromatic N) is 1. The molecule has 0 unspecified atom stereocenters. The molecule has 0 aliphatic heterocycles. The molecular formula is C16H15ClN2. The summed E-state index contributed by atoms with van der Waals surface area (Å²) in [6.07, 6.45) is 0. The van der Waals surface area contributed by atoms with E-state index in [-0.39, 0.29) is 0 Å². The van der Waals surface area contributed by atoms with Gasteiger partial charge in [0.25, 0.3) is 0 Å². The van der Waals surface area contributed by atoms with Crippen molar-refractivity contribution in [2.75, 3.05) is 5.32 Å². The molecule has 0 radical (unpaired) electrons. The molecule has 0 heterocycles. The molecule has 2 aromatic carbocycles. The van der Waals surface area contributed by atoms with Crippen molar-refractivity contribution in [2.45, 2.75) is 20.4 Å². The van der Waals surface area contributed by atoms with Gasteiger partial charge in [0.1, 0.15) is 0 Å². The molecule has 0 aliphatic carbocycles. The third kappa shape index (κ3) is 3.27. The normalized spacial score (nSPS) is 10.0. The average molecular weight is 271 g/mol. The number of anilines is 1. The van der Waals surface area contributed by atoms with E-state index in [0.29, 0.717) is 17.1 Å². The second-order valence-electron chi connectivity index (χ2n) is 4.58. The molecule has 2 aromatic rings. The Hall–Kier alpha value is -1.98. The maximum Gasteiger partial charge on any atom is 0.0992 e. The number of halogens is 1. The monoisotopic (exact) mass is 270 g/mol.